The summed E-state index contributed by atoms with van der Waals surface area (Å²) in [5.74, 6) is 0.117. The van der Waals surface area contributed by atoms with Crippen molar-refractivity contribution in [2.75, 3.05) is 6.54 Å². The van der Waals surface area contributed by atoms with Crippen LogP contribution < -0.4 is 10.6 Å². The van der Waals surface area contributed by atoms with E-state index in [4.69, 9.17) is 0 Å². The Balaban J connectivity index is 0.00000176. The van der Waals surface area contributed by atoms with Crippen molar-refractivity contribution in [2.45, 2.75) is 38.3 Å². The van der Waals surface area contributed by atoms with Gasteiger partial charge in [0.1, 0.15) is 0 Å². The number of carbonyl (C=O) groups excluding carboxylic acids is 1. The van der Waals surface area contributed by atoms with E-state index in [2.05, 4.69) is 41.8 Å². The first-order chi connectivity index (χ1) is 10.2. The first-order valence-electron chi connectivity index (χ1n) is 7.73. The number of amides is 1. The molecule has 1 aliphatic heterocycles. The van der Waals surface area contributed by atoms with Crippen LogP contribution in [0.4, 0.5) is 0 Å². The second-order valence-electron chi connectivity index (χ2n) is 5.92. The average Bonchev–Trinajstić information content (AvgIpc) is 2.49. The van der Waals surface area contributed by atoms with Gasteiger partial charge in [-0.3, -0.25) is 4.79 Å². The van der Waals surface area contributed by atoms with Crippen molar-refractivity contribution >= 4 is 29.1 Å². The van der Waals surface area contributed by atoms with E-state index >= 15 is 0 Å². The zero-order chi connectivity index (χ0) is 14.7. The smallest absolute Gasteiger partial charge is 0.224 e. The summed E-state index contributed by atoms with van der Waals surface area (Å²) < 4.78 is 0. The number of nitrogens with one attached hydrogen (secondary N) is 2. The molecule has 0 aliphatic carbocycles. The molecule has 2 atom stereocenters. The molecular weight excluding hydrogens is 296 g/mol. The maximum Gasteiger partial charge on any atom is 0.224 e. The van der Waals surface area contributed by atoms with E-state index in [-0.39, 0.29) is 24.4 Å². The lowest BCUT2D eigenvalue weighted by Crippen LogP contribution is -2.52. The zero-order valence-corrected chi connectivity index (χ0v) is 13.7. The number of halogens is 1. The fourth-order valence-corrected chi connectivity index (χ4v) is 3.03. The second-order valence-corrected chi connectivity index (χ2v) is 5.92. The van der Waals surface area contributed by atoms with Gasteiger partial charge >= 0.3 is 0 Å². The number of hydrogen-bond donors (Lipinski definition) is 2. The highest BCUT2D eigenvalue weighted by atomic mass is 35.5. The van der Waals surface area contributed by atoms with E-state index in [1.807, 2.05) is 18.2 Å². The summed E-state index contributed by atoms with van der Waals surface area (Å²) in [5, 5.41) is 8.98. The summed E-state index contributed by atoms with van der Waals surface area (Å²) in [4.78, 5) is 12.2. The van der Waals surface area contributed by atoms with Crippen LogP contribution in [-0.2, 0) is 11.2 Å². The molecule has 2 unspecified atom stereocenters. The summed E-state index contributed by atoms with van der Waals surface area (Å²) >= 11 is 0. The summed E-state index contributed by atoms with van der Waals surface area (Å²) in [5.41, 5.74) is 1.07. The van der Waals surface area contributed by atoms with Crippen LogP contribution in [0.3, 0.4) is 0 Å². The van der Waals surface area contributed by atoms with E-state index in [1.54, 1.807) is 0 Å². The molecule has 2 aromatic rings. The van der Waals surface area contributed by atoms with Crippen molar-refractivity contribution in [2.24, 2.45) is 0 Å². The minimum absolute atomic E-state index is 0. The molecule has 0 spiro atoms. The Morgan fingerprint density at radius 3 is 2.77 bits per heavy atom. The lowest BCUT2D eigenvalue weighted by atomic mass is 9.99. The van der Waals surface area contributed by atoms with Gasteiger partial charge in [-0.1, -0.05) is 42.5 Å². The Labute approximate surface area is 137 Å². The molecule has 22 heavy (non-hydrogen) atoms. The van der Waals surface area contributed by atoms with E-state index in [0.717, 1.165) is 24.9 Å². The van der Waals surface area contributed by atoms with Crippen LogP contribution in [-0.4, -0.2) is 24.5 Å². The van der Waals surface area contributed by atoms with Crippen LogP contribution in [0.25, 0.3) is 10.8 Å². The first kappa shape index (κ1) is 16.8. The van der Waals surface area contributed by atoms with Crippen molar-refractivity contribution in [3.8, 4) is 0 Å². The Kier molecular flexibility index (Phi) is 5.81. The van der Waals surface area contributed by atoms with Gasteiger partial charge in [0.2, 0.25) is 5.91 Å². The monoisotopic (exact) mass is 318 g/mol. The van der Waals surface area contributed by atoms with Crippen LogP contribution in [0.2, 0.25) is 0 Å². The second kappa shape index (κ2) is 7.61. The highest BCUT2D eigenvalue weighted by molar-refractivity contribution is 5.86. The Morgan fingerprint density at radius 2 is 2.00 bits per heavy atom. The SMILES string of the molecule is CC1NCCCC1NC(=O)Cc1ccc2ccccc2c1.Cl. The van der Waals surface area contributed by atoms with Gasteiger partial charge in [0.05, 0.1) is 6.42 Å². The zero-order valence-electron chi connectivity index (χ0n) is 12.8. The number of rotatable bonds is 3. The summed E-state index contributed by atoms with van der Waals surface area (Å²) in [6, 6.07) is 15.1. The summed E-state index contributed by atoms with van der Waals surface area (Å²) in [7, 11) is 0. The van der Waals surface area contributed by atoms with Crippen molar-refractivity contribution in [1.29, 1.82) is 0 Å². The predicted octanol–water partition coefficient (Wildman–Crippen LogP) is 3.06. The predicted molar refractivity (Wildman–Crippen MR) is 93.5 cm³/mol. The summed E-state index contributed by atoms with van der Waals surface area (Å²) in [6.07, 6.45) is 2.65. The Morgan fingerprint density at radius 1 is 1.23 bits per heavy atom. The van der Waals surface area contributed by atoms with Gasteiger partial charge in [0.15, 0.2) is 0 Å². The minimum Gasteiger partial charge on any atom is -0.352 e. The van der Waals surface area contributed by atoms with Crippen molar-refractivity contribution in [1.82, 2.24) is 10.6 Å². The first-order valence-corrected chi connectivity index (χ1v) is 7.73. The fourth-order valence-electron chi connectivity index (χ4n) is 3.03. The molecule has 1 amide bonds. The number of hydrogen-bond acceptors (Lipinski definition) is 2. The third-order valence-electron chi connectivity index (χ3n) is 4.29. The summed E-state index contributed by atoms with van der Waals surface area (Å²) in [6.45, 7) is 3.19. The largest absolute Gasteiger partial charge is 0.352 e. The topological polar surface area (TPSA) is 41.1 Å². The van der Waals surface area contributed by atoms with Crippen molar-refractivity contribution in [3.05, 3.63) is 48.0 Å². The molecular formula is C18H23ClN2O. The van der Waals surface area contributed by atoms with E-state index < -0.39 is 0 Å². The minimum atomic E-state index is 0. The molecule has 2 N–H and O–H groups in total. The molecule has 1 saturated heterocycles. The molecule has 0 aromatic heterocycles. The highest BCUT2D eigenvalue weighted by Gasteiger charge is 2.22. The molecule has 2 aromatic carbocycles. The molecule has 3 rings (SSSR count). The van der Waals surface area contributed by atoms with Crippen LogP contribution in [0.15, 0.2) is 42.5 Å². The molecule has 1 heterocycles. The van der Waals surface area contributed by atoms with E-state index in [0.29, 0.717) is 12.5 Å². The third kappa shape index (κ3) is 3.99. The maximum absolute atomic E-state index is 12.2. The van der Waals surface area contributed by atoms with Gasteiger partial charge in [-0.2, -0.15) is 0 Å². The lowest BCUT2D eigenvalue weighted by Gasteiger charge is -2.30. The van der Waals surface area contributed by atoms with Crippen LogP contribution in [0.1, 0.15) is 25.3 Å². The van der Waals surface area contributed by atoms with Crippen LogP contribution >= 0.6 is 12.4 Å². The number of piperidine rings is 1. The van der Waals surface area contributed by atoms with Gasteiger partial charge in [0, 0.05) is 12.1 Å². The van der Waals surface area contributed by atoms with Crippen LogP contribution in [0, 0.1) is 0 Å². The Hall–Kier alpha value is -1.58. The van der Waals surface area contributed by atoms with Gasteiger partial charge in [-0.15, -0.1) is 12.4 Å². The molecule has 118 valence electrons. The molecule has 1 fully saturated rings. The van der Waals surface area contributed by atoms with Gasteiger partial charge in [-0.05, 0) is 42.6 Å². The molecule has 4 heteroatoms. The number of benzene rings is 2. The number of carbonyl (C=O) groups is 1. The lowest BCUT2D eigenvalue weighted by molar-refractivity contribution is -0.121. The Bertz CT molecular complexity index is 644. The third-order valence-corrected chi connectivity index (χ3v) is 4.29. The van der Waals surface area contributed by atoms with Crippen molar-refractivity contribution < 1.29 is 4.79 Å². The normalized spacial score (nSPS) is 21.1. The van der Waals surface area contributed by atoms with Crippen molar-refractivity contribution in [3.63, 3.8) is 0 Å². The molecule has 1 aliphatic rings. The van der Waals surface area contributed by atoms with Crippen LogP contribution in [0.5, 0.6) is 0 Å². The quantitative estimate of drug-likeness (QED) is 0.913. The average molecular weight is 319 g/mol. The maximum atomic E-state index is 12.2. The van der Waals surface area contributed by atoms with E-state index in [9.17, 15) is 4.79 Å². The molecule has 0 bridgehead atoms. The van der Waals surface area contributed by atoms with E-state index in [1.165, 1.54) is 10.8 Å². The van der Waals surface area contributed by atoms with Gasteiger partial charge in [0.25, 0.3) is 0 Å². The molecule has 0 saturated carbocycles. The number of fused-ring (bicyclic) bond motifs is 1. The van der Waals surface area contributed by atoms with Gasteiger partial charge < -0.3 is 10.6 Å². The fraction of sp³-hybridized carbons (Fsp3) is 0.389. The highest BCUT2D eigenvalue weighted by Crippen LogP contribution is 2.16. The van der Waals surface area contributed by atoms with Gasteiger partial charge in [-0.25, -0.2) is 0 Å². The molecule has 0 radical (unpaired) electrons. The molecule has 3 nitrogen and oxygen atoms in total. The standard InChI is InChI=1S/C18H22N2O.ClH/c1-13-17(7-4-10-19-13)20-18(21)12-14-8-9-15-5-2-3-6-16(15)11-14;/h2-3,5-6,8-9,11,13,17,19H,4,7,10,12H2,1H3,(H,20,21);1H.